The van der Waals surface area contributed by atoms with Crippen LogP contribution in [-0.4, -0.2) is 17.2 Å². The molecule has 0 fully saturated rings. The standard InChI is InChI=1S/C15H17NO2/c1-9-5-3-7-11-13(9)15(18-2)10-6-4-8-12(17)14(10)16-11/h3,5,7,12,17H,4,6,8H2,1-2H3. The molecule has 3 heteroatoms. The maximum atomic E-state index is 10.1. The molecule has 1 N–H and O–H groups in total. The number of hydrogen-bond donors (Lipinski definition) is 1. The van der Waals surface area contributed by atoms with E-state index in [4.69, 9.17) is 4.74 Å². The van der Waals surface area contributed by atoms with Gasteiger partial charge in [-0.25, -0.2) is 4.98 Å². The van der Waals surface area contributed by atoms with Crippen molar-refractivity contribution in [2.45, 2.75) is 32.3 Å². The van der Waals surface area contributed by atoms with Crippen LogP contribution in [0.4, 0.5) is 0 Å². The molecule has 3 rings (SSSR count). The first kappa shape index (κ1) is 11.5. The van der Waals surface area contributed by atoms with Crippen molar-refractivity contribution in [1.82, 2.24) is 4.98 Å². The first-order chi connectivity index (χ1) is 8.72. The number of nitrogens with zero attached hydrogens (tertiary/aromatic N) is 1. The molecule has 1 unspecified atom stereocenters. The predicted octanol–water partition coefficient (Wildman–Crippen LogP) is 2.92. The van der Waals surface area contributed by atoms with Gasteiger partial charge >= 0.3 is 0 Å². The number of aryl methyl sites for hydroxylation is 1. The van der Waals surface area contributed by atoms with Crippen LogP contribution in [0.1, 0.15) is 35.8 Å². The van der Waals surface area contributed by atoms with E-state index >= 15 is 0 Å². The number of fused-ring (bicyclic) bond motifs is 2. The van der Waals surface area contributed by atoms with E-state index in [1.54, 1.807) is 7.11 Å². The van der Waals surface area contributed by atoms with Gasteiger partial charge in [0, 0.05) is 10.9 Å². The van der Waals surface area contributed by atoms with E-state index < -0.39 is 6.10 Å². The summed E-state index contributed by atoms with van der Waals surface area (Å²) < 4.78 is 5.60. The predicted molar refractivity (Wildman–Crippen MR) is 70.9 cm³/mol. The third-order valence-electron chi connectivity index (χ3n) is 3.73. The molecule has 0 saturated heterocycles. The first-order valence-electron chi connectivity index (χ1n) is 6.36. The summed E-state index contributed by atoms with van der Waals surface area (Å²) in [7, 11) is 1.70. The Hall–Kier alpha value is -1.61. The molecule has 1 atom stereocenters. The monoisotopic (exact) mass is 243 g/mol. The van der Waals surface area contributed by atoms with Crippen molar-refractivity contribution in [3.8, 4) is 5.75 Å². The van der Waals surface area contributed by atoms with E-state index in [0.717, 1.165) is 47.2 Å². The van der Waals surface area contributed by atoms with E-state index in [1.807, 2.05) is 12.1 Å². The second kappa shape index (κ2) is 4.25. The summed E-state index contributed by atoms with van der Waals surface area (Å²) in [5.74, 6) is 0.895. The molecule has 3 nitrogen and oxygen atoms in total. The van der Waals surface area contributed by atoms with Crippen LogP contribution in [0.5, 0.6) is 5.75 Å². The Morgan fingerprint density at radius 1 is 1.39 bits per heavy atom. The number of aliphatic hydroxyl groups is 1. The summed E-state index contributed by atoms with van der Waals surface area (Å²) in [4.78, 5) is 4.64. The Morgan fingerprint density at radius 2 is 2.22 bits per heavy atom. The van der Waals surface area contributed by atoms with Crippen LogP contribution in [0.2, 0.25) is 0 Å². The second-order valence-electron chi connectivity index (χ2n) is 4.89. The summed E-state index contributed by atoms with van der Waals surface area (Å²) in [5, 5.41) is 11.2. The van der Waals surface area contributed by atoms with Crippen molar-refractivity contribution < 1.29 is 9.84 Å². The number of methoxy groups -OCH3 is 1. The SMILES string of the molecule is COc1c2c(nc3cccc(C)c13)C(O)CCC2. The Labute approximate surface area is 106 Å². The molecule has 0 amide bonds. The topological polar surface area (TPSA) is 42.4 Å². The minimum absolute atomic E-state index is 0.451. The molecular weight excluding hydrogens is 226 g/mol. The van der Waals surface area contributed by atoms with Crippen molar-refractivity contribution in [3.63, 3.8) is 0 Å². The summed E-state index contributed by atoms with van der Waals surface area (Å²) >= 11 is 0. The average molecular weight is 243 g/mol. The summed E-state index contributed by atoms with van der Waals surface area (Å²) in [6.45, 7) is 2.07. The van der Waals surface area contributed by atoms with Crippen molar-refractivity contribution in [1.29, 1.82) is 0 Å². The fraction of sp³-hybridized carbons (Fsp3) is 0.400. The lowest BCUT2D eigenvalue weighted by atomic mass is 9.91. The number of rotatable bonds is 1. The Bertz CT molecular complexity index is 607. The zero-order valence-electron chi connectivity index (χ0n) is 10.7. The maximum absolute atomic E-state index is 10.1. The highest BCUT2D eigenvalue weighted by molar-refractivity contribution is 5.90. The lowest BCUT2D eigenvalue weighted by Crippen LogP contribution is -2.13. The molecular formula is C15H17NO2. The van der Waals surface area contributed by atoms with Crippen molar-refractivity contribution in [2.75, 3.05) is 7.11 Å². The van der Waals surface area contributed by atoms with Gasteiger partial charge in [0.05, 0.1) is 24.4 Å². The minimum Gasteiger partial charge on any atom is -0.496 e. The average Bonchev–Trinajstić information content (AvgIpc) is 2.38. The van der Waals surface area contributed by atoms with Gasteiger partial charge in [-0.3, -0.25) is 0 Å². The minimum atomic E-state index is -0.451. The Morgan fingerprint density at radius 3 is 3.00 bits per heavy atom. The first-order valence-corrected chi connectivity index (χ1v) is 6.36. The molecule has 1 aliphatic rings. The zero-order valence-corrected chi connectivity index (χ0v) is 10.7. The van der Waals surface area contributed by atoms with Crippen LogP contribution in [0.25, 0.3) is 10.9 Å². The fourth-order valence-electron chi connectivity index (χ4n) is 2.86. The van der Waals surface area contributed by atoms with Crippen LogP contribution in [0, 0.1) is 6.92 Å². The van der Waals surface area contributed by atoms with E-state index in [0.29, 0.717) is 0 Å². The Kier molecular flexibility index (Phi) is 2.71. The van der Waals surface area contributed by atoms with Gasteiger partial charge in [0.25, 0.3) is 0 Å². The van der Waals surface area contributed by atoms with E-state index in [2.05, 4.69) is 18.0 Å². The van der Waals surface area contributed by atoms with Crippen molar-refractivity contribution in [2.24, 2.45) is 0 Å². The molecule has 0 saturated carbocycles. The molecule has 2 aromatic rings. The summed E-state index contributed by atoms with van der Waals surface area (Å²) in [5.41, 5.74) is 3.96. The van der Waals surface area contributed by atoms with Crippen LogP contribution in [-0.2, 0) is 6.42 Å². The molecule has 1 aromatic carbocycles. The molecule has 1 aliphatic carbocycles. The van der Waals surface area contributed by atoms with Gasteiger partial charge in [-0.2, -0.15) is 0 Å². The Balaban J connectivity index is 2.40. The number of pyridine rings is 1. The molecule has 1 heterocycles. The smallest absolute Gasteiger partial charge is 0.133 e. The molecule has 0 radical (unpaired) electrons. The van der Waals surface area contributed by atoms with Gasteiger partial charge in [-0.15, -0.1) is 0 Å². The van der Waals surface area contributed by atoms with Gasteiger partial charge in [-0.05, 0) is 37.8 Å². The highest BCUT2D eigenvalue weighted by Gasteiger charge is 2.25. The highest BCUT2D eigenvalue weighted by Crippen LogP contribution is 2.39. The molecule has 1 aromatic heterocycles. The fourth-order valence-corrected chi connectivity index (χ4v) is 2.86. The number of hydrogen-bond acceptors (Lipinski definition) is 3. The second-order valence-corrected chi connectivity index (χ2v) is 4.89. The molecule has 0 aliphatic heterocycles. The van der Waals surface area contributed by atoms with Gasteiger partial charge in [0.1, 0.15) is 5.75 Å². The van der Waals surface area contributed by atoms with Gasteiger partial charge in [0.15, 0.2) is 0 Å². The third-order valence-corrected chi connectivity index (χ3v) is 3.73. The number of aromatic nitrogens is 1. The maximum Gasteiger partial charge on any atom is 0.133 e. The van der Waals surface area contributed by atoms with Crippen molar-refractivity contribution in [3.05, 3.63) is 35.0 Å². The molecule has 94 valence electrons. The highest BCUT2D eigenvalue weighted by atomic mass is 16.5. The zero-order chi connectivity index (χ0) is 12.7. The van der Waals surface area contributed by atoms with Gasteiger partial charge in [0.2, 0.25) is 0 Å². The van der Waals surface area contributed by atoms with E-state index in [-0.39, 0.29) is 0 Å². The normalized spacial score (nSPS) is 18.7. The lowest BCUT2D eigenvalue weighted by Gasteiger charge is -2.24. The number of benzene rings is 1. The van der Waals surface area contributed by atoms with Crippen LogP contribution >= 0.6 is 0 Å². The van der Waals surface area contributed by atoms with Gasteiger partial charge in [-0.1, -0.05) is 12.1 Å². The van der Waals surface area contributed by atoms with Crippen LogP contribution in [0.15, 0.2) is 18.2 Å². The van der Waals surface area contributed by atoms with Gasteiger partial charge < -0.3 is 9.84 Å². The van der Waals surface area contributed by atoms with Crippen LogP contribution < -0.4 is 4.74 Å². The quantitative estimate of drug-likeness (QED) is 0.837. The molecule has 0 spiro atoms. The molecule has 0 bridgehead atoms. The third kappa shape index (κ3) is 1.58. The lowest BCUT2D eigenvalue weighted by molar-refractivity contribution is 0.151. The van der Waals surface area contributed by atoms with Crippen molar-refractivity contribution >= 4 is 10.9 Å². The van der Waals surface area contributed by atoms with E-state index in [9.17, 15) is 5.11 Å². The van der Waals surface area contributed by atoms with Crippen LogP contribution in [0.3, 0.4) is 0 Å². The molecule has 18 heavy (non-hydrogen) atoms. The summed E-state index contributed by atoms with van der Waals surface area (Å²) in [6, 6.07) is 6.04. The largest absolute Gasteiger partial charge is 0.496 e. The van der Waals surface area contributed by atoms with E-state index in [1.165, 1.54) is 5.56 Å². The summed E-state index contributed by atoms with van der Waals surface area (Å²) in [6.07, 6.45) is 2.27. The number of ether oxygens (including phenoxy) is 1. The number of aliphatic hydroxyl groups excluding tert-OH is 1.